The summed E-state index contributed by atoms with van der Waals surface area (Å²) in [7, 11) is 0. The maximum Gasteiger partial charge on any atom is 0.410 e. The quantitative estimate of drug-likeness (QED) is 0.814. The fourth-order valence-electron chi connectivity index (χ4n) is 4.07. The highest BCUT2D eigenvalue weighted by Crippen LogP contribution is 2.20. The van der Waals surface area contributed by atoms with Crippen LogP contribution < -0.4 is 5.73 Å². The Morgan fingerprint density at radius 1 is 1.10 bits per heavy atom. The molecular weight excluding hydrogens is 366 g/mol. The maximum absolute atomic E-state index is 12.2. The van der Waals surface area contributed by atoms with E-state index in [0.717, 1.165) is 51.6 Å². The summed E-state index contributed by atoms with van der Waals surface area (Å²) in [5.74, 6) is 1.35. The number of likely N-dealkylation sites (tertiary alicyclic amines) is 1. The number of carbonyl (C=O) groups is 1. The molecule has 2 aliphatic rings. The number of pyridine rings is 1. The molecule has 162 valence electrons. The minimum atomic E-state index is -0.424. The van der Waals surface area contributed by atoms with Crippen molar-refractivity contribution in [2.75, 3.05) is 58.1 Å². The van der Waals surface area contributed by atoms with Gasteiger partial charge >= 0.3 is 6.09 Å². The fraction of sp³-hybridized carbons (Fsp3) is 0.727. The third kappa shape index (κ3) is 7.16. The van der Waals surface area contributed by atoms with Gasteiger partial charge in [-0.2, -0.15) is 0 Å². The number of hydrogen-bond acceptors (Lipinski definition) is 6. The zero-order valence-electron chi connectivity index (χ0n) is 18.3. The van der Waals surface area contributed by atoms with E-state index in [-0.39, 0.29) is 6.09 Å². The number of aromatic nitrogens is 1. The lowest BCUT2D eigenvalue weighted by Crippen LogP contribution is -2.51. The van der Waals surface area contributed by atoms with Crippen molar-refractivity contribution in [2.24, 2.45) is 5.92 Å². The van der Waals surface area contributed by atoms with Gasteiger partial charge in [-0.25, -0.2) is 9.78 Å². The van der Waals surface area contributed by atoms with Crippen LogP contribution in [0.2, 0.25) is 0 Å². The molecule has 1 amide bonds. The molecule has 7 nitrogen and oxygen atoms in total. The van der Waals surface area contributed by atoms with Gasteiger partial charge in [0.25, 0.3) is 0 Å². The van der Waals surface area contributed by atoms with Crippen molar-refractivity contribution >= 4 is 11.9 Å². The Hall–Kier alpha value is -1.86. The van der Waals surface area contributed by atoms with E-state index in [2.05, 4.69) is 20.9 Å². The lowest BCUT2D eigenvalue weighted by molar-refractivity contribution is 0.0123. The molecule has 7 heteroatoms. The summed E-state index contributed by atoms with van der Waals surface area (Å²) in [6.07, 6.45) is 5.25. The van der Waals surface area contributed by atoms with E-state index < -0.39 is 5.60 Å². The number of piperidine rings is 1. The second kappa shape index (κ2) is 9.76. The Morgan fingerprint density at radius 2 is 1.79 bits per heavy atom. The molecule has 1 aromatic rings. The van der Waals surface area contributed by atoms with Crippen molar-refractivity contribution < 1.29 is 9.53 Å². The molecule has 0 saturated carbocycles. The number of piperazine rings is 1. The lowest BCUT2D eigenvalue weighted by Gasteiger charge is -2.39. The second-order valence-electron chi connectivity index (χ2n) is 9.39. The summed E-state index contributed by atoms with van der Waals surface area (Å²) in [5.41, 5.74) is 6.48. The third-order valence-electron chi connectivity index (χ3n) is 5.81. The number of nitrogens with zero attached hydrogens (tertiary/aromatic N) is 4. The SMILES string of the molecule is CC(C)(C)OC(=O)N1CCN(CC2CCN(CCc3ccc(N)nc3)CC2)CC1. The van der Waals surface area contributed by atoms with Gasteiger partial charge in [-0.3, -0.25) is 4.90 Å². The largest absolute Gasteiger partial charge is 0.444 e. The molecule has 0 atom stereocenters. The highest BCUT2D eigenvalue weighted by Gasteiger charge is 2.27. The van der Waals surface area contributed by atoms with Crippen LogP contribution in [0.4, 0.5) is 10.6 Å². The van der Waals surface area contributed by atoms with Gasteiger partial charge in [0.1, 0.15) is 11.4 Å². The Bertz CT molecular complexity index is 642. The Balaban J connectivity index is 1.32. The smallest absolute Gasteiger partial charge is 0.410 e. The van der Waals surface area contributed by atoms with Crippen LogP contribution in [0.15, 0.2) is 18.3 Å². The van der Waals surface area contributed by atoms with Gasteiger partial charge < -0.3 is 20.3 Å². The van der Waals surface area contributed by atoms with Gasteiger partial charge in [0.2, 0.25) is 0 Å². The number of amides is 1. The number of hydrogen-bond donors (Lipinski definition) is 1. The van der Waals surface area contributed by atoms with E-state index in [1.54, 1.807) is 0 Å². The summed E-state index contributed by atoms with van der Waals surface area (Å²) in [6.45, 7) is 13.8. The van der Waals surface area contributed by atoms with Crippen LogP contribution in [0.3, 0.4) is 0 Å². The molecule has 0 aliphatic carbocycles. The van der Waals surface area contributed by atoms with E-state index >= 15 is 0 Å². The Labute approximate surface area is 175 Å². The Kier molecular flexibility index (Phi) is 7.35. The molecule has 3 rings (SSSR count). The molecule has 2 saturated heterocycles. The van der Waals surface area contributed by atoms with Crippen molar-refractivity contribution in [3.63, 3.8) is 0 Å². The van der Waals surface area contributed by atoms with Crippen LogP contribution >= 0.6 is 0 Å². The lowest BCUT2D eigenvalue weighted by atomic mass is 9.95. The number of ether oxygens (including phenoxy) is 1. The first-order valence-corrected chi connectivity index (χ1v) is 10.9. The van der Waals surface area contributed by atoms with Crippen molar-refractivity contribution in [1.82, 2.24) is 19.7 Å². The highest BCUT2D eigenvalue weighted by molar-refractivity contribution is 5.68. The summed E-state index contributed by atoms with van der Waals surface area (Å²) in [5, 5.41) is 0. The molecule has 2 aliphatic heterocycles. The predicted octanol–water partition coefficient (Wildman–Crippen LogP) is 2.47. The molecule has 2 fully saturated rings. The van der Waals surface area contributed by atoms with Gasteiger partial charge in [0, 0.05) is 45.5 Å². The number of nitrogen functional groups attached to an aromatic ring is 1. The first kappa shape index (κ1) is 21.8. The van der Waals surface area contributed by atoms with Gasteiger partial charge in [-0.15, -0.1) is 0 Å². The van der Waals surface area contributed by atoms with E-state index in [4.69, 9.17) is 10.5 Å². The minimum Gasteiger partial charge on any atom is -0.444 e. The zero-order chi connectivity index (χ0) is 20.9. The number of rotatable bonds is 5. The van der Waals surface area contributed by atoms with Crippen LogP contribution in [0, 0.1) is 5.92 Å². The molecule has 1 aromatic heterocycles. The van der Waals surface area contributed by atoms with E-state index in [0.29, 0.717) is 5.82 Å². The van der Waals surface area contributed by atoms with Crippen LogP contribution in [-0.2, 0) is 11.2 Å². The van der Waals surface area contributed by atoms with Crippen LogP contribution in [0.1, 0.15) is 39.2 Å². The van der Waals surface area contributed by atoms with Crippen LogP contribution in [0.25, 0.3) is 0 Å². The predicted molar refractivity (Wildman–Crippen MR) is 116 cm³/mol. The molecule has 3 heterocycles. The normalized spacial score (nSPS) is 20.0. The average molecular weight is 404 g/mol. The van der Waals surface area contributed by atoms with Crippen molar-refractivity contribution in [2.45, 2.75) is 45.6 Å². The van der Waals surface area contributed by atoms with Crippen molar-refractivity contribution in [3.8, 4) is 0 Å². The summed E-state index contributed by atoms with van der Waals surface area (Å²) >= 11 is 0. The summed E-state index contributed by atoms with van der Waals surface area (Å²) in [6, 6.07) is 3.95. The average Bonchev–Trinajstić information content (AvgIpc) is 2.68. The van der Waals surface area contributed by atoms with E-state index in [9.17, 15) is 4.79 Å². The highest BCUT2D eigenvalue weighted by atomic mass is 16.6. The maximum atomic E-state index is 12.2. The molecule has 0 unspecified atom stereocenters. The molecule has 29 heavy (non-hydrogen) atoms. The van der Waals surface area contributed by atoms with E-state index in [1.807, 2.05) is 37.9 Å². The van der Waals surface area contributed by atoms with Gasteiger partial charge in [-0.05, 0) is 70.7 Å². The van der Waals surface area contributed by atoms with Gasteiger partial charge in [-0.1, -0.05) is 6.07 Å². The first-order chi connectivity index (χ1) is 13.8. The molecule has 0 spiro atoms. The number of carbonyl (C=O) groups excluding carboxylic acids is 1. The molecule has 0 bridgehead atoms. The number of anilines is 1. The molecular formula is C22H37N5O2. The monoisotopic (exact) mass is 403 g/mol. The van der Waals surface area contributed by atoms with Gasteiger partial charge in [0.05, 0.1) is 0 Å². The van der Waals surface area contributed by atoms with Crippen LogP contribution in [0.5, 0.6) is 0 Å². The first-order valence-electron chi connectivity index (χ1n) is 10.9. The van der Waals surface area contributed by atoms with Gasteiger partial charge in [0.15, 0.2) is 0 Å². The topological polar surface area (TPSA) is 74.9 Å². The zero-order valence-corrected chi connectivity index (χ0v) is 18.3. The summed E-state index contributed by atoms with van der Waals surface area (Å²) < 4.78 is 5.49. The van der Waals surface area contributed by atoms with Crippen LogP contribution in [-0.4, -0.2) is 83.7 Å². The molecule has 0 radical (unpaired) electrons. The summed E-state index contributed by atoms with van der Waals surface area (Å²) in [4.78, 5) is 23.3. The number of nitrogens with two attached hydrogens (primary N) is 1. The standard InChI is InChI=1S/C22H37N5O2/c1-22(2,3)29-21(28)27-14-12-26(13-15-27)17-19-7-10-25(11-8-19)9-6-18-4-5-20(23)24-16-18/h4-5,16,19H,6-15,17H2,1-3H3,(H2,23,24). The van der Waals surface area contributed by atoms with E-state index in [1.165, 1.54) is 31.5 Å². The van der Waals surface area contributed by atoms with Crippen molar-refractivity contribution in [1.29, 1.82) is 0 Å². The second-order valence-corrected chi connectivity index (χ2v) is 9.39. The minimum absolute atomic E-state index is 0.179. The molecule has 0 aromatic carbocycles. The fourth-order valence-corrected chi connectivity index (χ4v) is 4.07. The van der Waals surface area contributed by atoms with Crippen molar-refractivity contribution in [3.05, 3.63) is 23.9 Å². The Morgan fingerprint density at radius 3 is 2.38 bits per heavy atom. The third-order valence-corrected chi connectivity index (χ3v) is 5.81. The molecule has 2 N–H and O–H groups in total.